The fraction of sp³-hybridized carbons (Fsp3) is 0.333. The molecule has 1 N–H and O–H groups in total. The summed E-state index contributed by atoms with van der Waals surface area (Å²) >= 11 is 0. The minimum Gasteiger partial charge on any atom is -0.462 e. The molecular weight excluding hydrogens is 444 g/mol. The van der Waals surface area contributed by atoms with Gasteiger partial charge in [-0.3, -0.25) is 9.59 Å². The highest BCUT2D eigenvalue weighted by molar-refractivity contribution is 5.92. The van der Waals surface area contributed by atoms with Crippen LogP contribution in [-0.2, 0) is 20.7 Å². The van der Waals surface area contributed by atoms with E-state index < -0.39 is 12.0 Å². The molecule has 1 atom stereocenters. The summed E-state index contributed by atoms with van der Waals surface area (Å²) in [6.45, 7) is 6.11. The number of nitrogens with zero attached hydrogens (tertiary/aromatic N) is 3. The zero-order valence-electron chi connectivity index (χ0n) is 20.1. The first-order chi connectivity index (χ1) is 17.0. The average molecular weight is 475 g/mol. The molecule has 2 amide bonds. The summed E-state index contributed by atoms with van der Waals surface area (Å²) in [5.41, 5.74) is 1.35. The van der Waals surface area contributed by atoms with E-state index in [-0.39, 0.29) is 18.2 Å². The normalized spacial score (nSPS) is 14.5. The van der Waals surface area contributed by atoms with Crippen LogP contribution in [0.4, 0.5) is 5.82 Å². The summed E-state index contributed by atoms with van der Waals surface area (Å²) in [4.78, 5) is 45.6. The molecule has 3 aromatic rings. The number of esters is 1. The van der Waals surface area contributed by atoms with Gasteiger partial charge in [0.25, 0.3) is 0 Å². The molecule has 0 aliphatic carbocycles. The Balaban J connectivity index is 1.28. The smallest absolute Gasteiger partial charge is 0.339 e. The van der Waals surface area contributed by atoms with Gasteiger partial charge in [-0.1, -0.05) is 42.5 Å². The van der Waals surface area contributed by atoms with E-state index in [0.717, 1.165) is 22.2 Å². The minimum absolute atomic E-state index is 0.0958. The molecule has 0 radical (unpaired) electrons. The predicted octanol–water partition coefficient (Wildman–Crippen LogP) is 2.81. The zero-order valence-corrected chi connectivity index (χ0v) is 20.1. The Hall–Kier alpha value is -3.94. The number of fused-ring (bicyclic) bond motifs is 1. The number of piperazine rings is 1. The van der Waals surface area contributed by atoms with Gasteiger partial charge < -0.3 is 19.9 Å². The highest BCUT2D eigenvalue weighted by Crippen LogP contribution is 2.19. The molecule has 0 bridgehead atoms. The maximum absolute atomic E-state index is 12.9. The van der Waals surface area contributed by atoms with E-state index in [4.69, 9.17) is 4.74 Å². The molecule has 8 nitrogen and oxygen atoms in total. The van der Waals surface area contributed by atoms with E-state index in [2.05, 4.69) is 15.2 Å². The van der Waals surface area contributed by atoms with Crippen molar-refractivity contribution in [1.82, 2.24) is 15.2 Å². The molecule has 0 saturated carbocycles. The van der Waals surface area contributed by atoms with Gasteiger partial charge in [-0.2, -0.15) is 0 Å². The molecule has 1 aliphatic heterocycles. The number of anilines is 1. The number of amides is 2. The molecule has 182 valence electrons. The third-order valence-corrected chi connectivity index (χ3v) is 6.15. The molecule has 1 unspecified atom stereocenters. The Labute approximate surface area is 204 Å². The molecule has 8 heteroatoms. The number of hydrogen-bond donors (Lipinski definition) is 1. The highest BCUT2D eigenvalue weighted by atomic mass is 16.5. The molecular formula is C27H30N4O4. The van der Waals surface area contributed by atoms with Crippen LogP contribution in [0.25, 0.3) is 10.8 Å². The standard InChI is InChI=1S/C27H30N4O4/c1-3-35-27(34)22-11-12-24(28-18-22)30-13-15-31(16-14-30)26(33)19(2)29-25(32)17-21-9-6-8-20-7-4-5-10-23(20)21/h4-12,18-19H,3,13-17H2,1-2H3,(H,29,32). The predicted molar refractivity (Wildman–Crippen MR) is 134 cm³/mol. The number of aromatic nitrogens is 1. The molecule has 0 spiro atoms. The second kappa shape index (κ2) is 11.0. The van der Waals surface area contributed by atoms with Crippen LogP contribution in [0.1, 0.15) is 29.8 Å². The maximum Gasteiger partial charge on any atom is 0.339 e. The van der Waals surface area contributed by atoms with E-state index in [9.17, 15) is 14.4 Å². The van der Waals surface area contributed by atoms with Crippen LogP contribution in [0.5, 0.6) is 0 Å². The number of ether oxygens (including phenoxy) is 1. The van der Waals surface area contributed by atoms with Crippen molar-refractivity contribution in [3.63, 3.8) is 0 Å². The van der Waals surface area contributed by atoms with Crippen LogP contribution in [0, 0.1) is 0 Å². The van der Waals surface area contributed by atoms with Gasteiger partial charge in [0.05, 0.1) is 18.6 Å². The Morgan fingerprint density at radius 2 is 1.74 bits per heavy atom. The van der Waals surface area contributed by atoms with Gasteiger partial charge in [-0.25, -0.2) is 9.78 Å². The van der Waals surface area contributed by atoms with Gasteiger partial charge in [0.2, 0.25) is 11.8 Å². The van der Waals surface area contributed by atoms with Crippen molar-refractivity contribution in [1.29, 1.82) is 0 Å². The van der Waals surface area contributed by atoms with Crippen molar-refractivity contribution in [3.8, 4) is 0 Å². The molecule has 2 aromatic carbocycles. The molecule has 1 aliphatic rings. The minimum atomic E-state index is -0.606. The summed E-state index contributed by atoms with van der Waals surface area (Å²) < 4.78 is 4.99. The van der Waals surface area contributed by atoms with E-state index in [0.29, 0.717) is 38.3 Å². The van der Waals surface area contributed by atoms with E-state index in [1.54, 1.807) is 30.9 Å². The molecule has 4 rings (SSSR count). The van der Waals surface area contributed by atoms with Gasteiger partial charge in [-0.05, 0) is 42.3 Å². The third kappa shape index (κ3) is 5.77. The summed E-state index contributed by atoms with van der Waals surface area (Å²) in [7, 11) is 0. The second-order valence-corrected chi connectivity index (χ2v) is 8.54. The Morgan fingerprint density at radius 1 is 1.00 bits per heavy atom. The van der Waals surface area contributed by atoms with Gasteiger partial charge in [-0.15, -0.1) is 0 Å². The number of pyridine rings is 1. The molecule has 1 fully saturated rings. The Morgan fingerprint density at radius 3 is 2.46 bits per heavy atom. The first-order valence-corrected chi connectivity index (χ1v) is 11.9. The Bertz CT molecular complexity index is 1200. The van der Waals surface area contributed by atoms with Crippen LogP contribution >= 0.6 is 0 Å². The van der Waals surface area contributed by atoms with Crippen LogP contribution in [0.15, 0.2) is 60.8 Å². The maximum atomic E-state index is 12.9. The van der Waals surface area contributed by atoms with Gasteiger partial charge in [0.15, 0.2) is 0 Å². The molecule has 1 aromatic heterocycles. The van der Waals surface area contributed by atoms with Crippen molar-refractivity contribution in [2.75, 3.05) is 37.7 Å². The van der Waals surface area contributed by atoms with Gasteiger partial charge >= 0.3 is 5.97 Å². The fourth-order valence-electron chi connectivity index (χ4n) is 4.31. The van der Waals surface area contributed by atoms with Crippen LogP contribution in [-0.4, -0.2) is 66.5 Å². The number of nitrogens with one attached hydrogen (secondary N) is 1. The van der Waals surface area contributed by atoms with E-state index in [1.807, 2.05) is 42.5 Å². The van der Waals surface area contributed by atoms with Crippen LogP contribution in [0.2, 0.25) is 0 Å². The average Bonchev–Trinajstić information content (AvgIpc) is 2.89. The summed E-state index contributed by atoms with van der Waals surface area (Å²) in [6, 6.07) is 16.8. The van der Waals surface area contributed by atoms with Crippen molar-refractivity contribution in [3.05, 3.63) is 71.9 Å². The van der Waals surface area contributed by atoms with Crippen molar-refractivity contribution >= 4 is 34.4 Å². The lowest BCUT2D eigenvalue weighted by molar-refractivity contribution is -0.136. The number of benzene rings is 2. The first kappa shape index (κ1) is 24.2. The number of rotatable bonds is 7. The second-order valence-electron chi connectivity index (χ2n) is 8.54. The lowest BCUT2D eigenvalue weighted by Crippen LogP contribution is -2.54. The van der Waals surface area contributed by atoms with Crippen molar-refractivity contribution in [2.24, 2.45) is 0 Å². The molecule has 35 heavy (non-hydrogen) atoms. The molecule has 2 heterocycles. The van der Waals surface area contributed by atoms with E-state index in [1.165, 1.54) is 6.20 Å². The summed E-state index contributed by atoms with van der Waals surface area (Å²) in [6.07, 6.45) is 1.73. The SMILES string of the molecule is CCOC(=O)c1ccc(N2CCN(C(=O)C(C)NC(=O)Cc3cccc4ccccc34)CC2)nc1. The highest BCUT2D eigenvalue weighted by Gasteiger charge is 2.26. The van der Waals surface area contributed by atoms with E-state index >= 15 is 0 Å². The fourth-order valence-corrected chi connectivity index (χ4v) is 4.31. The lowest BCUT2D eigenvalue weighted by Gasteiger charge is -2.36. The Kier molecular flexibility index (Phi) is 7.60. The monoisotopic (exact) mass is 474 g/mol. The van der Waals surface area contributed by atoms with Crippen LogP contribution < -0.4 is 10.2 Å². The number of hydrogen-bond acceptors (Lipinski definition) is 6. The zero-order chi connectivity index (χ0) is 24.8. The summed E-state index contributed by atoms with van der Waals surface area (Å²) in [5.74, 6) is 0.0910. The molecule has 1 saturated heterocycles. The number of carbonyl (C=O) groups is 3. The topological polar surface area (TPSA) is 91.8 Å². The largest absolute Gasteiger partial charge is 0.462 e. The van der Waals surface area contributed by atoms with Crippen molar-refractivity contribution < 1.29 is 19.1 Å². The van der Waals surface area contributed by atoms with Gasteiger partial charge in [0.1, 0.15) is 11.9 Å². The van der Waals surface area contributed by atoms with Gasteiger partial charge in [0, 0.05) is 32.4 Å². The first-order valence-electron chi connectivity index (χ1n) is 11.9. The lowest BCUT2D eigenvalue weighted by atomic mass is 10.0. The van der Waals surface area contributed by atoms with Crippen molar-refractivity contribution in [2.45, 2.75) is 26.3 Å². The third-order valence-electron chi connectivity index (χ3n) is 6.15. The quantitative estimate of drug-likeness (QED) is 0.530. The summed E-state index contributed by atoms with van der Waals surface area (Å²) in [5, 5.41) is 4.99. The number of carbonyl (C=O) groups excluding carboxylic acids is 3. The van der Waals surface area contributed by atoms with Crippen LogP contribution in [0.3, 0.4) is 0 Å².